The number of hydrogen-bond acceptors (Lipinski definition) is 4. The normalized spacial score (nSPS) is 11.7. The summed E-state index contributed by atoms with van der Waals surface area (Å²) >= 11 is 4.65. The highest BCUT2D eigenvalue weighted by Gasteiger charge is 2.27. The van der Waals surface area contributed by atoms with Crippen LogP contribution >= 0.6 is 12.2 Å². The summed E-state index contributed by atoms with van der Waals surface area (Å²) in [6, 6.07) is 25.2. The van der Waals surface area contributed by atoms with Crippen LogP contribution in [0.25, 0.3) is 22.2 Å². The van der Waals surface area contributed by atoms with Gasteiger partial charge < -0.3 is 4.98 Å². The SMILES string of the molecule is O=[N+]([O-])CC(c1ccc(N=C=S)cc1)c1c(-c2ccccc2)[nH]c2ccccc12. The van der Waals surface area contributed by atoms with Crippen LogP contribution in [0.2, 0.25) is 0 Å². The molecule has 1 atom stereocenters. The third-order valence-corrected chi connectivity index (χ3v) is 5.05. The van der Waals surface area contributed by atoms with Crippen LogP contribution in [-0.4, -0.2) is 21.6 Å². The number of thiocarbonyl (C=S) groups is 1. The molecule has 0 aliphatic heterocycles. The molecule has 0 saturated heterocycles. The van der Waals surface area contributed by atoms with E-state index >= 15 is 0 Å². The number of hydrogen-bond donors (Lipinski definition) is 1. The van der Waals surface area contributed by atoms with Gasteiger partial charge in [0.1, 0.15) is 0 Å². The number of isothiocyanates is 1. The quantitative estimate of drug-likeness (QED) is 0.188. The highest BCUT2D eigenvalue weighted by molar-refractivity contribution is 7.78. The van der Waals surface area contributed by atoms with E-state index in [9.17, 15) is 10.1 Å². The Morgan fingerprint density at radius 3 is 2.38 bits per heavy atom. The predicted molar refractivity (Wildman–Crippen MR) is 119 cm³/mol. The largest absolute Gasteiger partial charge is 0.354 e. The number of H-pyrrole nitrogens is 1. The van der Waals surface area contributed by atoms with E-state index in [2.05, 4.69) is 27.4 Å². The summed E-state index contributed by atoms with van der Waals surface area (Å²) in [6.07, 6.45) is 0. The van der Waals surface area contributed by atoms with Gasteiger partial charge in [-0.2, -0.15) is 4.99 Å². The Morgan fingerprint density at radius 2 is 1.69 bits per heavy atom. The molecular weight excluding hydrogens is 382 g/mol. The van der Waals surface area contributed by atoms with Crippen molar-refractivity contribution in [3.63, 3.8) is 0 Å². The second kappa shape index (κ2) is 8.19. The number of aliphatic imine (C=N–C) groups is 1. The average Bonchev–Trinajstić information content (AvgIpc) is 3.13. The summed E-state index contributed by atoms with van der Waals surface area (Å²) < 4.78 is 0. The maximum absolute atomic E-state index is 11.6. The number of nitrogens with one attached hydrogen (secondary N) is 1. The van der Waals surface area contributed by atoms with Crippen molar-refractivity contribution >= 4 is 34.0 Å². The number of fused-ring (bicyclic) bond motifs is 1. The lowest BCUT2D eigenvalue weighted by Crippen LogP contribution is -2.14. The molecule has 142 valence electrons. The summed E-state index contributed by atoms with van der Waals surface area (Å²) in [5, 5.41) is 14.9. The third kappa shape index (κ3) is 3.85. The molecule has 0 fully saturated rings. The van der Waals surface area contributed by atoms with Crippen molar-refractivity contribution < 1.29 is 4.92 Å². The Hall–Kier alpha value is -3.60. The van der Waals surface area contributed by atoms with Gasteiger partial charge in [0.05, 0.1) is 22.5 Å². The Bertz CT molecular complexity index is 1210. The fourth-order valence-electron chi connectivity index (χ4n) is 3.70. The van der Waals surface area contributed by atoms with Crippen LogP contribution in [0.3, 0.4) is 0 Å². The molecule has 1 N–H and O–H groups in total. The van der Waals surface area contributed by atoms with Gasteiger partial charge in [-0.3, -0.25) is 10.1 Å². The summed E-state index contributed by atoms with van der Waals surface area (Å²) in [6.45, 7) is -0.211. The average molecular weight is 399 g/mol. The standard InChI is InChI=1S/C23H17N3O2S/c27-26(28)14-20(16-10-12-18(13-11-16)24-15-29)22-19-8-4-5-9-21(19)25-23(22)17-6-2-1-3-7-17/h1-13,20,25H,14H2. The van der Waals surface area contributed by atoms with Crippen molar-refractivity contribution in [2.75, 3.05) is 6.54 Å². The molecule has 0 aliphatic carbocycles. The fourth-order valence-corrected chi connectivity index (χ4v) is 3.81. The van der Waals surface area contributed by atoms with Crippen molar-refractivity contribution in [1.82, 2.24) is 4.98 Å². The van der Waals surface area contributed by atoms with Crippen LogP contribution in [0.5, 0.6) is 0 Å². The van der Waals surface area contributed by atoms with Crippen molar-refractivity contribution in [2.24, 2.45) is 4.99 Å². The monoisotopic (exact) mass is 399 g/mol. The highest BCUT2D eigenvalue weighted by atomic mass is 32.1. The van der Waals surface area contributed by atoms with Gasteiger partial charge in [-0.15, -0.1) is 0 Å². The lowest BCUT2D eigenvalue weighted by atomic mass is 9.87. The Morgan fingerprint density at radius 1 is 1.00 bits per heavy atom. The lowest BCUT2D eigenvalue weighted by molar-refractivity contribution is -0.481. The van der Waals surface area contributed by atoms with E-state index in [0.717, 1.165) is 33.3 Å². The topological polar surface area (TPSA) is 71.3 Å². The summed E-state index contributed by atoms with van der Waals surface area (Å²) in [4.78, 5) is 18.8. The van der Waals surface area contributed by atoms with E-state index in [1.165, 1.54) is 0 Å². The Kier molecular flexibility index (Phi) is 5.29. The first-order valence-corrected chi connectivity index (χ1v) is 9.54. The second-order valence-corrected chi connectivity index (χ2v) is 6.87. The van der Waals surface area contributed by atoms with E-state index in [0.29, 0.717) is 5.69 Å². The summed E-state index contributed by atoms with van der Waals surface area (Å²) in [7, 11) is 0. The highest BCUT2D eigenvalue weighted by Crippen LogP contribution is 2.39. The molecule has 0 spiro atoms. The first-order valence-electron chi connectivity index (χ1n) is 9.13. The molecule has 3 aromatic carbocycles. The van der Waals surface area contributed by atoms with Gasteiger partial charge in [-0.05, 0) is 47.1 Å². The zero-order valence-electron chi connectivity index (χ0n) is 15.4. The number of benzene rings is 3. The molecule has 0 saturated carbocycles. The molecule has 0 bridgehead atoms. The van der Waals surface area contributed by atoms with Crippen LogP contribution in [0.15, 0.2) is 83.9 Å². The van der Waals surface area contributed by atoms with Crippen molar-refractivity contribution in [3.8, 4) is 11.3 Å². The van der Waals surface area contributed by atoms with E-state index < -0.39 is 5.92 Å². The lowest BCUT2D eigenvalue weighted by Gasteiger charge is -2.16. The molecule has 0 amide bonds. The molecule has 1 aromatic heterocycles. The van der Waals surface area contributed by atoms with Gasteiger partial charge in [-0.25, -0.2) is 0 Å². The number of rotatable bonds is 6. The molecular formula is C23H17N3O2S. The van der Waals surface area contributed by atoms with E-state index in [4.69, 9.17) is 0 Å². The number of nitro groups is 1. The number of aromatic nitrogens is 1. The Labute approximate surface area is 172 Å². The minimum atomic E-state index is -0.415. The van der Waals surface area contributed by atoms with E-state index in [1.807, 2.05) is 66.7 Å². The zero-order chi connectivity index (χ0) is 20.2. The van der Waals surface area contributed by atoms with Gasteiger partial charge in [0.15, 0.2) is 0 Å². The number of nitrogens with zero attached hydrogens (tertiary/aromatic N) is 2. The summed E-state index contributed by atoms with van der Waals surface area (Å²) in [5.74, 6) is -0.415. The molecule has 1 unspecified atom stereocenters. The molecule has 5 nitrogen and oxygen atoms in total. The molecule has 6 heteroatoms. The third-order valence-electron chi connectivity index (χ3n) is 4.96. The van der Waals surface area contributed by atoms with Crippen molar-refractivity contribution in [1.29, 1.82) is 0 Å². The van der Waals surface area contributed by atoms with Gasteiger partial charge in [0, 0.05) is 15.8 Å². The van der Waals surface area contributed by atoms with Gasteiger partial charge in [0.2, 0.25) is 6.54 Å². The van der Waals surface area contributed by atoms with Crippen molar-refractivity contribution in [3.05, 3.63) is 100 Å². The Balaban J connectivity index is 1.94. The first-order chi connectivity index (χ1) is 14.2. The van der Waals surface area contributed by atoms with Crippen LogP contribution in [0.4, 0.5) is 5.69 Å². The van der Waals surface area contributed by atoms with Crippen molar-refractivity contribution in [2.45, 2.75) is 5.92 Å². The second-order valence-electron chi connectivity index (χ2n) is 6.69. The minimum absolute atomic E-state index is 0.211. The number of para-hydroxylation sites is 1. The maximum atomic E-state index is 11.6. The van der Waals surface area contributed by atoms with E-state index in [1.54, 1.807) is 12.1 Å². The maximum Gasteiger partial charge on any atom is 0.214 e. The van der Waals surface area contributed by atoms with Gasteiger partial charge >= 0.3 is 0 Å². The van der Waals surface area contributed by atoms with Gasteiger partial charge in [-0.1, -0.05) is 60.7 Å². The predicted octanol–water partition coefficient (Wildman–Crippen LogP) is 5.98. The molecule has 29 heavy (non-hydrogen) atoms. The van der Waals surface area contributed by atoms with Crippen LogP contribution < -0.4 is 0 Å². The molecule has 0 aliphatic rings. The molecule has 4 aromatic rings. The molecule has 4 rings (SSSR count). The van der Waals surface area contributed by atoms with E-state index in [-0.39, 0.29) is 11.5 Å². The zero-order valence-corrected chi connectivity index (χ0v) is 16.2. The fraction of sp³-hybridized carbons (Fsp3) is 0.0870. The smallest absolute Gasteiger partial charge is 0.214 e. The summed E-state index contributed by atoms with van der Waals surface area (Å²) in [5.41, 5.74) is 5.30. The van der Waals surface area contributed by atoms with Gasteiger partial charge in [0.25, 0.3) is 0 Å². The first kappa shape index (κ1) is 18.7. The molecule has 1 heterocycles. The van der Waals surface area contributed by atoms with Crippen LogP contribution in [0, 0.1) is 10.1 Å². The van der Waals surface area contributed by atoms with Crippen LogP contribution in [0.1, 0.15) is 17.0 Å². The van der Waals surface area contributed by atoms with Crippen LogP contribution in [-0.2, 0) is 0 Å². The minimum Gasteiger partial charge on any atom is -0.354 e. The molecule has 0 radical (unpaired) electrons. The number of aromatic amines is 1.